The third-order valence-corrected chi connectivity index (χ3v) is 7.96. The Morgan fingerprint density at radius 1 is 0.977 bits per heavy atom. The molecular weight excluding hydrogens is 591 g/mol. The predicted octanol–water partition coefficient (Wildman–Crippen LogP) is 7.95. The van der Waals surface area contributed by atoms with Crippen LogP contribution >= 0.6 is 23.2 Å². The number of nitrogens with zero attached hydrogens (tertiary/aromatic N) is 4. The van der Waals surface area contributed by atoms with Gasteiger partial charge in [-0.2, -0.15) is 0 Å². The van der Waals surface area contributed by atoms with E-state index in [2.05, 4.69) is 39.6 Å². The molecule has 0 spiro atoms. The molecule has 7 nitrogen and oxygen atoms in total. The lowest BCUT2D eigenvalue weighted by molar-refractivity contribution is 0.0948. The highest BCUT2D eigenvalue weighted by molar-refractivity contribution is 6.36. The van der Waals surface area contributed by atoms with E-state index in [0.29, 0.717) is 34.6 Å². The molecule has 0 unspecified atom stereocenters. The van der Waals surface area contributed by atoms with Gasteiger partial charge in [0.1, 0.15) is 0 Å². The lowest BCUT2D eigenvalue weighted by Gasteiger charge is -2.21. The number of nitrogens with one attached hydrogen (secondary N) is 2. The largest absolute Gasteiger partial charge is 0.351 e. The van der Waals surface area contributed by atoms with Crippen molar-refractivity contribution >= 4 is 46.5 Å². The SMILES string of the molecule is C/C=C\CCN(CCC)CCNC(=O)c1ccc(Nc2ncc3c(n2)-c2ccc(Cl)cc2C(c2ccccc2Cl)=NC3)cc1. The molecule has 0 saturated carbocycles. The first-order chi connectivity index (χ1) is 21.5. The van der Waals surface area contributed by atoms with E-state index < -0.39 is 0 Å². The Morgan fingerprint density at radius 2 is 1.80 bits per heavy atom. The van der Waals surface area contributed by atoms with Gasteiger partial charge in [-0.1, -0.05) is 66.5 Å². The van der Waals surface area contributed by atoms with Crippen LogP contribution in [0.4, 0.5) is 11.6 Å². The molecule has 3 aromatic carbocycles. The van der Waals surface area contributed by atoms with Crippen molar-refractivity contribution in [2.45, 2.75) is 33.2 Å². The van der Waals surface area contributed by atoms with E-state index in [9.17, 15) is 4.79 Å². The van der Waals surface area contributed by atoms with Crippen molar-refractivity contribution in [2.24, 2.45) is 4.99 Å². The predicted molar refractivity (Wildman–Crippen MR) is 181 cm³/mol. The summed E-state index contributed by atoms with van der Waals surface area (Å²) < 4.78 is 0. The Kier molecular flexibility index (Phi) is 10.8. The molecule has 226 valence electrons. The van der Waals surface area contributed by atoms with E-state index >= 15 is 0 Å². The summed E-state index contributed by atoms with van der Waals surface area (Å²) in [5, 5.41) is 7.55. The second kappa shape index (κ2) is 15.1. The second-order valence-corrected chi connectivity index (χ2v) is 11.4. The van der Waals surface area contributed by atoms with Gasteiger partial charge >= 0.3 is 0 Å². The fraction of sp³-hybridized carbons (Fsp3) is 0.257. The van der Waals surface area contributed by atoms with Crippen LogP contribution in [0.25, 0.3) is 11.3 Å². The van der Waals surface area contributed by atoms with Gasteiger partial charge in [0.15, 0.2) is 0 Å². The zero-order valence-corrected chi connectivity index (χ0v) is 26.5. The molecular formula is C35H36Cl2N6O. The summed E-state index contributed by atoms with van der Waals surface area (Å²) in [4.78, 5) is 29.5. The second-order valence-electron chi connectivity index (χ2n) is 10.6. The summed E-state index contributed by atoms with van der Waals surface area (Å²) in [5.74, 6) is 0.351. The minimum absolute atomic E-state index is 0.0904. The molecule has 0 fully saturated rings. The number of anilines is 2. The van der Waals surface area contributed by atoms with Gasteiger partial charge in [-0.3, -0.25) is 9.79 Å². The molecule has 9 heteroatoms. The van der Waals surface area contributed by atoms with Crippen molar-refractivity contribution < 1.29 is 4.79 Å². The van der Waals surface area contributed by atoms with Crippen molar-refractivity contribution in [2.75, 3.05) is 31.5 Å². The van der Waals surface area contributed by atoms with Crippen molar-refractivity contribution in [1.29, 1.82) is 0 Å². The highest BCUT2D eigenvalue weighted by atomic mass is 35.5. The topological polar surface area (TPSA) is 82.5 Å². The van der Waals surface area contributed by atoms with Crippen molar-refractivity contribution in [3.63, 3.8) is 0 Å². The van der Waals surface area contributed by atoms with Gasteiger partial charge in [0.25, 0.3) is 5.91 Å². The van der Waals surface area contributed by atoms with Crippen LogP contribution in [0, 0.1) is 0 Å². The average Bonchev–Trinajstić information content (AvgIpc) is 3.18. The average molecular weight is 628 g/mol. The Balaban J connectivity index is 1.28. The number of fused-ring (bicyclic) bond motifs is 3. The number of benzene rings is 3. The minimum atomic E-state index is -0.0904. The molecule has 4 aromatic rings. The van der Waals surface area contributed by atoms with Gasteiger partial charge < -0.3 is 15.5 Å². The molecule has 0 radical (unpaired) electrons. The van der Waals surface area contributed by atoms with Gasteiger partial charge in [-0.25, -0.2) is 9.97 Å². The number of aliphatic imine (C=N–C) groups is 1. The van der Waals surface area contributed by atoms with Crippen LogP contribution in [-0.4, -0.2) is 52.7 Å². The molecule has 0 aliphatic carbocycles. The molecule has 1 aliphatic heterocycles. The fourth-order valence-corrected chi connectivity index (χ4v) is 5.60. The minimum Gasteiger partial charge on any atom is -0.351 e. The van der Waals surface area contributed by atoms with Crippen LogP contribution < -0.4 is 10.6 Å². The van der Waals surface area contributed by atoms with Gasteiger partial charge in [0.2, 0.25) is 5.95 Å². The Bertz CT molecular complexity index is 1670. The normalized spacial score (nSPS) is 12.4. The fourth-order valence-electron chi connectivity index (χ4n) is 5.21. The molecule has 2 N–H and O–H groups in total. The monoisotopic (exact) mass is 626 g/mol. The number of allylic oxidation sites excluding steroid dienone is 1. The number of aromatic nitrogens is 2. The lowest BCUT2D eigenvalue weighted by atomic mass is 9.95. The summed E-state index contributed by atoms with van der Waals surface area (Å²) >= 11 is 13.0. The van der Waals surface area contributed by atoms with Crippen LogP contribution in [-0.2, 0) is 6.54 Å². The molecule has 5 rings (SSSR count). The van der Waals surface area contributed by atoms with E-state index in [1.165, 1.54) is 0 Å². The molecule has 0 saturated heterocycles. The number of hydrogen-bond donors (Lipinski definition) is 2. The standard InChI is InChI=1S/C35H36Cl2N6O/c1-3-5-8-19-43(18-4-2)20-17-38-34(44)24-11-14-27(15-12-24)41-35-40-23-25-22-39-33(29-9-6-7-10-31(29)37)30-21-26(36)13-16-28(30)32(25)42-35/h3,5-7,9-16,21,23H,4,8,17-20,22H2,1-2H3,(H,38,44)(H,40,41,42)/b5-3-. The Hall–Kier alpha value is -4.04. The third kappa shape index (κ3) is 7.72. The van der Waals surface area contributed by atoms with E-state index in [4.69, 9.17) is 33.2 Å². The Morgan fingerprint density at radius 3 is 2.57 bits per heavy atom. The number of halogens is 2. The molecule has 1 aromatic heterocycles. The van der Waals surface area contributed by atoms with E-state index in [1.54, 1.807) is 18.3 Å². The van der Waals surface area contributed by atoms with E-state index in [0.717, 1.165) is 71.8 Å². The highest BCUT2D eigenvalue weighted by Crippen LogP contribution is 2.35. The molecule has 1 aliphatic rings. The summed E-state index contributed by atoms with van der Waals surface area (Å²) in [6.45, 7) is 8.06. The zero-order chi connectivity index (χ0) is 30.9. The maximum Gasteiger partial charge on any atom is 0.251 e. The molecule has 2 heterocycles. The van der Waals surface area contributed by atoms with Crippen LogP contribution in [0.3, 0.4) is 0 Å². The third-order valence-electron chi connectivity index (χ3n) is 7.40. The van der Waals surface area contributed by atoms with Crippen molar-refractivity contribution in [3.05, 3.63) is 117 Å². The number of carbonyl (C=O) groups is 1. The van der Waals surface area contributed by atoms with Gasteiger partial charge in [-0.05, 0) is 68.8 Å². The van der Waals surface area contributed by atoms with E-state index in [-0.39, 0.29) is 5.91 Å². The summed E-state index contributed by atoms with van der Waals surface area (Å²) in [6.07, 6.45) is 8.15. The maximum absolute atomic E-state index is 12.8. The first-order valence-electron chi connectivity index (χ1n) is 14.9. The van der Waals surface area contributed by atoms with Crippen LogP contribution in [0.1, 0.15) is 53.7 Å². The maximum atomic E-state index is 12.8. The molecule has 0 bridgehead atoms. The van der Waals surface area contributed by atoms with Gasteiger partial charge in [-0.15, -0.1) is 0 Å². The van der Waals surface area contributed by atoms with Crippen LogP contribution in [0.2, 0.25) is 10.0 Å². The molecule has 0 atom stereocenters. The van der Waals surface area contributed by atoms with E-state index in [1.807, 2.05) is 61.5 Å². The zero-order valence-electron chi connectivity index (χ0n) is 25.0. The summed E-state index contributed by atoms with van der Waals surface area (Å²) in [5.41, 5.74) is 6.41. The number of amides is 1. The van der Waals surface area contributed by atoms with Crippen LogP contribution in [0.5, 0.6) is 0 Å². The Labute approximate surface area is 269 Å². The molecule has 44 heavy (non-hydrogen) atoms. The van der Waals surface area contributed by atoms with Crippen molar-refractivity contribution in [1.82, 2.24) is 20.2 Å². The smallest absolute Gasteiger partial charge is 0.251 e. The lowest BCUT2D eigenvalue weighted by Crippen LogP contribution is -2.35. The van der Waals surface area contributed by atoms with Crippen LogP contribution in [0.15, 0.2) is 90.1 Å². The summed E-state index contributed by atoms with van der Waals surface area (Å²) in [6, 6.07) is 20.7. The quantitative estimate of drug-likeness (QED) is 0.156. The first-order valence-corrected chi connectivity index (χ1v) is 15.7. The highest BCUT2D eigenvalue weighted by Gasteiger charge is 2.22. The van der Waals surface area contributed by atoms with Gasteiger partial charge in [0.05, 0.1) is 18.0 Å². The first kappa shape index (κ1) is 31.4. The number of carbonyl (C=O) groups excluding carboxylic acids is 1. The number of hydrogen-bond acceptors (Lipinski definition) is 6. The number of rotatable bonds is 12. The molecule has 1 amide bonds. The summed E-state index contributed by atoms with van der Waals surface area (Å²) in [7, 11) is 0. The van der Waals surface area contributed by atoms with Crippen molar-refractivity contribution in [3.8, 4) is 11.3 Å². The van der Waals surface area contributed by atoms with Gasteiger partial charge in [0, 0.05) is 69.4 Å².